The Morgan fingerprint density at radius 2 is 1.51 bits per heavy atom. The number of hydrogen-bond donors (Lipinski definition) is 5. The van der Waals surface area contributed by atoms with E-state index in [0.717, 1.165) is 31.4 Å². The van der Waals surface area contributed by atoms with Gasteiger partial charge in [0.25, 0.3) is 5.71 Å². The molecule has 1 aromatic carbocycles. The van der Waals surface area contributed by atoms with Gasteiger partial charge in [-0.05, 0) is 43.9 Å². The Morgan fingerprint density at radius 1 is 0.872 bits per heavy atom. The summed E-state index contributed by atoms with van der Waals surface area (Å²) < 4.78 is 16.6. The molecule has 2 aliphatic heterocycles. The molecule has 5 N–H and O–H groups in total. The summed E-state index contributed by atoms with van der Waals surface area (Å²) in [6.45, 7) is 5.55. The summed E-state index contributed by atoms with van der Waals surface area (Å²) in [6.07, 6.45) is 4.87. The second-order valence-corrected chi connectivity index (χ2v) is 12.7. The van der Waals surface area contributed by atoms with E-state index in [-0.39, 0.29) is 48.7 Å². The third-order valence-corrected chi connectivity index (χ3v) is 9.20. The number of carbonyl (C=O) groups excluding carboxylic acids is 4. The number of benzene rings is 1. The van der Waals surface area contributed by atoms with Crippen LogP contribution in [0.1, 0.15) is 63.9 Å². The van der Waals surface area contributed by atoms with Crippen molar-refractivity contribution >= 4 is 46.9 Å². The first-order valence-corrected chi connectivity index (χ1v) is 17.4. The van der Waals surface area contributed by atoms with E-state index in [0.29, 0.717) is 87.8 Å². The third kappa shape index (κ3) is 15.3. The van der Waals surface area contributed by atoms with Crippen molar-refractivity contribution in [3.05, 3.63) is 35.4 Å². The number of amides is 5. The van der Waals surface area contributed by atoms with Gasteiger partial charge in [-0.15, -0.1) is 0 Å². The van der Waals surface area contributed by atoms with Crippen LogP contribution in [0, 0.1) is 0 Å². The second-order valence-electron chi connectivity index (χ2n) is 11.4. The van der Waals surface area contributed by atoms with E-state index >= 15 is 0 Å². The van der Waals surface area contributed by atoms with Crippen molar-refractivity contribution in [1.29, 1.82) is 0 Å². The first-order chi connectivity index (χ1) is 22.9. The molecule has 0 aromatic heterocycles. The van der Waals surface area contributed by atoms with Crippen LogP contribution in [0.15, 0.2) is 24.3 Å². The van der Waals surface area contributed by atoms with Crippen LogP contribution in [-0.2, 0) is 28.6 Å². The highest BCUT2D eigenvalue weighted by Gasteiger charge is 2.42. The van der Waals surface area contributed by atoms with Gasteiger partial charge in [-0.1, -0.05) is 12.5 Å². The molecule has 15 heteroatoms. The monoisotopic (exact) mass is 675 g/mol. The van der Waals surface area contributed by atoms with Crippen molar-refractivity contribution < 1.29 is 38.2 Å². The van der Waals surface area contributed by atoms with Crippen molar-refractivity contribution in [2.45, 2.75) is 75.6 Å². The highest BCUT2D eigenvalue weighted by molar-refractivity contribution is 8.00. The zero-order valence-corrected chi connectivity index (χ0v) is 28.0. The molecule has 5 amide bonds. The maximum absolute atomic E-state index is 12.2. The molecule has 0 bridgehead atoms. The lowest BCUT2D eigenvalue weighted by Gasteiger charge is -2.16. The molecule has 14 nitrogen and oxygen atoms in total. The molecule has 47 heavy (non-hydrogen) atoms. The fourth-order valence-corrected chi connectivity index (χ4v) is 6.67. The van der Waals surface area contributed by atoms with Gasteiger partial charge in [0.2, 0.25) is 17.7 Å². The van der Waals surface area contributed by atoms with E-state index in [9.17, 15) is 19.2 Å². The molecule has 2 heterocycles. The Hall–Kier alpha value is -3.49. The Bertz CT molecular complexity index is 1210. The number of thioether (sulfide) groups is 1. The predicted octanol–water partition coefficient (Wildman–Crippen LogP) is 2.23. The second kappa shape index (κ2) is 22.1. The van der Waals surface area contributed by atoms with Gasteiger partial charge in [-0.25, -0.2) is 4.79 Å². The van der Waals surface area contributed by atoms with Crippen molar-refractivity contribution in [1.82, 2.24) is 21.3 Å². The van der Waals surface area contributed by atoms with Crippen molar-refractivity contribution in [3.8, 4) is 0 Å². The summed E-state index contributed by atoms with van der Waals surface area (Å²) in [5, 5.41) is 14.8. The first-order valence-electron chi connectivity index (χ1n) is 16.4. The molecule has 2 fully saturated rings. The molecule has 0 saturated carbocycles. The van der Waals surface area contributed by atoms with Crippen LogP contribution in [0.25, 0.3) is 5.53 Å². The molecule has 2 saturated heterocycles. The lowest BCUT2D eigenvalue weighted by atomic mass is 10.0. The minimum absolute atomic E-state index is 0.0569. The molecule has 0 radical (unpaired) electrons. The van der Waals surface area contributed by atoms with Gasteiger partial charge in [0.1, 0.15) is 0 Å². The van der Waals surface area contributed by atoms with Crippen molar-refractivity contribution in [3.63, 3.8) is 0 Å². The number of nitrogens with one attached hydrogen (secondary N) is 5. The Morgan fingerprint density at radius 3 is 2.19 bits per heavy atom. The van der Waals surface area contributed by atoms with Crippen LogP contribution in [0.5, 0.6) is 0 Å². The summed E-state index contributed by atoms with van der Waals surface area (Å²) >= 11 is 1.90. The molecule has 0 spiro atoms. The normalized spacial score (nSPS) is 18.1. The highest BCUT2D eigenvalue weighted by atomic mass is 32.2. The number of carbonyl (C=O) groups is 4. The Labute approximate surface area is 280 Å². The average Bonchev–Trinajstić information content (AvgIpc) is 3.62. The molecule has 2 aliphatic rings. The summed E-state index contributed by atoms with van der Waals surface area (Å²) in [5.41, 5.74) is 10.6. The Balaban J connectivity index is 1.02. The maximum Gasteiger partial charge on any atom is 0.315 e. The summed E-state index contributed by atoms with van der Waals surface area (Å²) in [5.74, 6) is 0.542. The number of nitrogens with zero attached hydrogens (tertiary/aromatic N) is 2. The van der Waals surface area contributed by atoms with Crippen LogP contribution in [0.3, 0.4) is 0 Å². The van der Waals surface area contributed by atoms with Gasteiger partial charge >= 0.3 is 6.03 Å². The lowest BCUT2D eigenvalue weighted by molar-refractivity contribution is -0.124. The van der Waals surface area contributed by atoms with Crippen LogP contribution in [0.4, 0.5) is 10.5 Å². The zero-order chi connectivity index (χ0) is 33.7. The van der Waals surface area contributed by atoms with Crippen LogP contribution >= 0.6 is 11.8 Å². The van der Waals surface area contributed by atoms with Gasteiger partial charge in [0, 0.05) is 69.2 Å². The van der Waals surface area contributed by atoms with E-state index < -0.39 is 0 Å². The number of unbranched alkanes of at least 4 members (excludes halogenated alkanes) is 1. The molecule has 3 rings (SSSR count). The maximum atomic E-state index is 12.2. The van der Waals surface area contributed by atoms with E-state index in [1.807, 2.05) is 11.8 Å². The summed E-state index contributed by atoms with van der Waals surface area (Å²) in [4.78, 5) is 50.8. The molecule has 3 atom stereocenters. The fourth-order valence-electron chi connectivity index (χ4n) is 5.13. The third-order valence-electron chi connectivity index (χ3n) is 7.69. The molecule has 260 valence electrons. The Kier molecular flexibility index (Phi) is 17.9. The number of fused-ring (bicyclic) bond motifs is 1. The average molecular weight is 676 g/mol. The van der Waals surface area contributed by atoms with Crippen LogP contribution in [0.2, 0.25) is 0 Å². The minimum Gasteiger partial charge on any atom is -0.379 e. The SMILES string of the molecule is CC(=[N+]=[N-])c1cccc(NC(=O)CCC(=O)NCCCOCCOCCOCCCNC(=O)CCCCC2SCC3NC(=O)NC32)c1. The molecule has 3 unspecified atom stereocenters. The van der Waals surface area contributed by atoms with Gasteiger partial charge in [0.15, 0.2) is 0 Å². The number of anilines is 1. The van der Waals surface area contributed by atoms with E-state index in [2.05, 4.69) is 31.4 Å². The number of ether oxygens (including phenoxy) is 3. The van der Waals surface area contributed by atoms with E-state index in [1.165, 1.54) is 0 Å². The van der Waals surface area contributed by atoms with Gasteiger partial charge in [0.05, 0.1) is 44.1 Å². The quantitative estimate of drug-likeness (QED) is 0.0362. The van der Waals surface area contributed by atoms with Crippen molar-refractivity contribution in [2.24, 2.45) is 0 Å². The molecular formula is C32H49N7O7S. The number of hydrogen-bond acceptors (Lipinski definition) is 8. The standard InChI is InChI=1S/C32H49N7O7S/c1-23(39-33)24-7-4-8-25(21-24)36-30(42)12-11-29(41)35-14-6-16-45-18-20-46-19-17-44-15-5-13-34-28(40)10-3-2-9-27-31-26(22-47-27)37-32(43)38-31/h4,7-8,21,26-27,31H,2-3,5-6,9-20,22H2,1H3,(H,34,40)(H,35,41)(H,36,42)(H2,37,38,43). The topological polar surface area (TPSA) is 193 Å². The highest BCUT2D eigenvalue weighted by Crippen LogP contribution is 2.33. The van der Waals surface area contributed by atoms with Crippen LogP contribution in [-0.4, -0.2) is 110 Å². The summed E-state index contributed by atoms with van der Waals surface area (Å²) in [6, 6.07) is 7.34. The number of rotatable bonds is 24. The van der Waals surface area contributed by atoms with Gasteiger partial charge < -0.3 is 46.3 Å². The van der Waals surface area contributed by atoms with E-state index in [4.69, 9.17) is 19.7 Å². The largest absolute Gasteiger partial charge is 0.379 e. The van der Waals surface area contributed by atoms with E-state index in [1.54, 1.807) is 31.2 Å². The number of urea groups is 1. The van der Waals surface area contributed by atoms with Gasteiger partial charge in [-0.2, -0.15) is 16.6 Å². The first kappa shape index (κ1) is 38.0. The minimum atomic E-state index is -0.274. The smallest absolute Gasteiger partial charge is 0.315 e. The molecule has 1 aromatic rings. The van der Waals surface area contributed by atoms with Gasteiger partial charge in [-0.3, -0.25) is 14.4 Å². The zero-order valence-electron chi connectivity index (χ0n) is 27.2. The van der Waals surface area contributed by atoms with Crippen LogP contribution < -0.4 is 26.6 Å². The predicted molar refractivity (Wildman–Crippen MR) is 179 cm³/mol. The molecule has 0 aliphatic carbocycles. The lowest BCUT2D eigenvalue weighted by Crippen LogP contribution is -2.36. The summed E-state index contributed by atoms with van der Waals surface area (Å²) in [7, 11) is 0. The van der Waals surface area contributed by atoms with Crippen molar-refractivity contribution in [2.75, 3.05) is 63.8 Å². The molecular weight excluding hydrogens is 626 g/mol. The fraction of sp³-hybridized carbons (Fsp3) is 0.656.